The molecule has 9 aromatic rings. The first kappa shape index (κ1) is 58.4. The first-order valence-electron chi connectivity index (χ1n) is 27.2. The molecule has 5 aromatic heterocycles. The van der Waals surface area contributed by atoms with Gasteiger partial charge in [-0.2, -0.15) is 10.2 Å². The van der Waals surface area contributed by atoms with Crippen LogP contribution < -0.4 is 0 Å². The summed E-state index contributed by atoms with van der Waals surface area (Å²) in [5.41, 5.74) is 16.6. The van der Waals surface area contributed by atoms with Crippen molar-refractivity contribution in [2.24, 2.45) is 0 Å². The molecule has 0 saturated heterocycles. The minimum atomic E-state index is 0.192. The number of hydrogen-bond acceptors (Lipinski definition) is 5. The molecule has 0 amide bonds. The van der Waals surface area contributed by atoms with E-state index in [0.717, 1.165) is 33.8 Å². The van der Waals surface area contributed by atoms with Gasteiger partial charge in [-0.1, -0.05) is 170 Å². The lowest BCUT2D eigenvalue weighted by Gasteiger charge is -2.18. The van der Waals surface area contributed by atoms with Gasteiger partial charge in [0.1, 0.15) is 11.4 Å². The molecular weight excluding hydrogens is 911 g/mol. The Bertz CT molecular complexity index is 2860. The highest BCUT2D eigenvalue weighted by Crippen LogP contribution is 2.34. The molecule has 392 valence electrons. The number of H-pyrrole nitrogens is 2. The van der Waals surface area contributed by atoms with Gasteiger partial charge in [0.05, 0.1) is 28.7 Å². The molecule has 0 radical (unpaired) electrons. The topological polar surface area (TPSA) is 83.4 Å². The maximum atomic E-state index is 5.55. The van der Waals surface area contributed by atoms with E-state index >= 15 is 0 Å². The lowest BCUT2D eigenvalue weighted by molar-refractivity contribution is 0.591. The third kappa shape index (κ3) is 15.5. The number of thiophene rings is 1. The predicted molar refractivity (Wildman–Crippen MR) is 320 cm³/mol. The molecule has 5 heterocycles. The summed E-state index contributed by atoms with van der Waals surface area (Å²) in [6.07, 6.45) is 4.03. The maximum Gasteiger partial charge on any atom is 0.134 e. The van der Waals surface area contributed by atoms with Gasteiger partial charge in [0.25, 0.3) is 0 Å². The number of hydrogen-bond donors (Lipinski definition) is 2. The summed E-state index contributed by atoms with van der Waals surface area (Å²) in [5.74, 6) is 5.99. The van der Waals surface area contributed by atoms with Crippen molar-refractivity contribution in [1.29, 1.82) is 0 Å². The lowest BCUT2D eigenvalue weighted by atomic mass is 9.87. The molecule has 6 nitrogen and oxygen atoms in total. The van der Waals surface area contributed by atoms with Gasteiger partial charge in [-0.25, -0.2) is 4.98 Å². The van der Waals surface area contributed by atoms with Crippen LogP contribution in [0.25, 0.3) is 43.0 Å². The summed E-state index contributed by atoms with van der Waals surface area (Å²) in [6.45, 7) is 46.3. The monoisotopic (exact) mass is 1000 g/mol. The average Bonchev–Trinajstić information content (AvgIpc) is 4.16. The van der Waals surface area contributed by atoms with Gasteiger partial charge in [0, 0.05) is 38.7 Å². The number of aromatic amines is 2. The highest BCUT2D eigenvalue weighted by Gasteiger charge is 2.16. The molecule has 0 saturated carbocycles. The Morgan fingerprint density at radius 2 is 0.986 bits per heavy atom. The predicted octanol–water partition coefficient (Wildman–Crippen LogP) is 20.9. The second-order valence-corrected chi connectivity index (χ2v) is 24.7. The number of nitrogens with zero attached hydrogens (tertiary/aromatic N) is 3. The molecule has 0 aliphatic heterocycles. The Morgan fingerprint density at radius 1 is 0.466 bits per heavy atom. The second kappa shape index (κ2) is 25.6. The van der Waals surface area contributed by atoms with Crippen LogP contribution in [0.3, 0.4) is 0 Å². The molecule has 7 heteroatoms. The highest BCUT2D eigenvalue weighted by atomic mass is 32.1. The Labute approximate surface area is 444 Å². The minimum Gasteiger partial charge on any atom is -0.464 e. The van der Waals surface area contributed by atoms with Crippen LogP contribution in [-0.2, 0) is 5.41 Å². The van der Waals surface area contributed by atoms with E-state index in [-0.39, 0.29) is 5.41 Å². The SMILES string of the molecule is CC(C)c1ccc(C(C)C)nn1.CC(C)c1ccc2[nH]cc(C(C)C)c2c1.CC(C)c1ccc2occ(C(C)C)c2c1.CC(C)c1ccc2scc(C(C)C)c2c1.CC(C)c1nc2ccc(C(C)(C)C)cc2[nH]1. The lowest BCUT2D eigenvalue weighted by Crippen LogP contribution is -2.10. The second-order valence-electron chi connectivity index (χ2n) is 23.8. The summed E-state index contributed by atoms with van der Waals surface area (Å²) in [7, 11) is 0. The molecule has 9 rings (SSSR count). The summed E-state index contributed by atoms with van der Waals surface area (Å²) in [6, 6.07) is 30.7. The van der Waals surface area contributed by atoms with Crippen LogP contribution in [0.5, 0.6) is 0 Å². The molecule has 0 atom stereocenters. The Morgan fingerprint density at radius 3 is 1.48 bits per heavy atom. The van der Waals surface area contributed by atoms with Crippen molar-refractivity contribution >= 4 is 54.3 Å². The van der Waals surface area contributed by atoms with E-state index in [1.165, 1.54) is 65.3 Å². The molecule has 2 N–H and O–H groups in total. The summed E-state index contributed by atoms with van der Waals surface area (Å²) >= 11 is 1.86. The first-order valence-corrected chi connectivity index (χ1v) is 28.1. The van der Waals surface area contributed by atoms with E-state index in [0.29, 0.717) is 53.3 Å². The van der Waals surface area contributed by atoms with E-state index in [1.807, 2.05) is 17.6 Å². The minimum absolute atomic E-state index is 0.192. The third-order valence-electron chi connectivity index (χ3n) is 13.7. The summed E-state index contributed by atoms with van der Waals surface area (Å²) in [5, 5.41) is 14.7. The van der Waals surface area contributed by atoms with Crippen LogP contribution in [0.1, 0.15) is 255 Å². The quantitative estimate of drug-likeness (QED) is 0.151. The smallest absolute Gasteiger partial charge is 0.134 e. The zero-order valence-electron chi connectivity index (χ0n) is 48.7. The average molecular weight is 1000 g/mol. The van der Waals surface area contributed by atoms with Crippen LogP contribution >= 0.6 is 11.3 Å². The number of benzene rings is 4. The van der Waals surface area contributed by atoms with Gasteiger partial charge < -0.3 is 14.4 Å². The Hall–Kier alpha value is -5.53. The van der Waals surface area contributed by atoms with E-state index in [1.54, 1.807) is 0 Å². The van der Waals surface area contributed by atoms with E-state index < -0.39 is 0 Å². The van der Waals surface area contributed by atoms with Crippen LogP contribution in [0.2, 0.25) is 0 Å². The van der Waals surface area contributed by atoms with Gasteiger partial charge >= 0.3 is 0 Å². The summed E-state index contributed by atoms with van der Waals surface area (Å²) in [4.78, 5) is 11.3. The first-order chi connectivity index (χ1) is 34.3. The van der Waals surface area contributed by atoms with Crippen LogP contribution in [-0.4, -0.2) is 25.1 Å². The summed E-state index contributed by atoms with van der Waals surface area (Å²) < 4.78 is 6.96. The van der Waals surface area contributed by atoms with E-state index in [9.17, 15) is 0 Å². The number of furan rings is 1. The van der Waals surface area contributed by atoms with Crippen molar-refractivity contribution in [3.05, 3.63) is 159 Å². The number of aromatic nitrogens is 5. The number of imidazole rings is 1. The van der Waals surface area contributed by atoms with Crippen molar-refractivity contribution in [3.63, 3.8) is 0 Å². The van der Waals surface area contributed by atoms with E-state index in [2.05, 4.69) is 267 Å². The molecule has 0 aliphatic rings. The largest absolute Gasteiger partial charge is 0.464 e. The van der Waals surface area contributed by atoms with E-state index in [4.69, 9.17) is 4.42 Å². The van der Waals surface area contributed by atoms with Crippen molar-refractivity contribution in [1.82, 2.24) is 25.1 Å². The fourth-order valence-corrected chi connectivity index (χ4v) is 9.58. The molecule has 0 fully saturated rings. The molecule has 0 bridgehead atoms. The van der Waals surface area contributed by atoms with Crippen molar-refractivity contribution in [2.75, 3.05) is 0 Å². The fraction of sp³-hybridized carbons (Fsp3) is 0.470. The van der Waals surface area contributed by atoms with Crippen LogP contribution in [0.15, 0.2) is 107 Å². The Kier molecular flexibility index (Phi) is 20.5. The molecule has 4 aromatic carbocycles. The number of fused-ring (bicyclic) bond motifs is 4. The van der Waals surface area contributed by atoms with Gasteiger partial charge in [-0.3, -0.25) is 0 Å². The highest BCUT2D eigenvalue weighted by molar-refractivity contribution is 7.17. The molecule has 0 aliphatic carbocycles. The molecule has 0 spiro atoms. The maximum absolute atomic E-state index is 5.55. The molecule has 73 heavy (non-hydrogen) atoms. The normalized spacial score (nSPS) is 11.9. The zero-order valence-corrected chi connectivity index (χ0v) is 49.5. The Balaban J connectivity index is 0.000000170. The molecular formula is C66H91N5OS. The van der Waals surface area contributed by atoms with Gasteiger partial charge in [-0.05, 0) is 158 Å². The van der Waals surface area contributed by atoms with Gasteiger partial charge in [0.15, 0.2) is 0 Å². The molecule has 0 unspecified atom stereocenters. The van der Waals surface area contributed by atoms with Crippen LogP contribution in [0.4, 0.5) is 0 Å². The van der Waals surface area contributed by atoms with Crippen molar-refractivity contribution < 1.29 is 4.42 Å². The number of nitrogens with one attached hydrogen (secondary N) is 2. The third-order valence-corrected chi connectivity index (χ3v) is 14.6. The van der Waals surface area contributed by atoms with Crippen LogP contribution in [0, 0.1) is 0 Å². The van der Waals surface area contributed by atoms with Gasteiger partial charge in [0.2, 0.25) is 0 Å². The van der Waals surface area contributed by atoms with Gasteiger partial charge in [-0.15, -0.1) is 11.3 Å². The standard InChI is InChI=1S/C14H20N2.C14H19N.C14H18O.C14H18S.C10H16N2/c1-9(2)13-15-11-7-6-10(14(3,4)5)8-12(11)16-13;3*1-9(2)11-5-6-14-12(7-11)13(8-15-14)10(3)4;1-7(2)9-5-6-10(8(3)4)12-11-9/h6-9H,1-5H3,(H,15,16);5-10,15H,1-4H3;2*5-10H,1-4H3;5-8H,1-4H3. The zero-order chi connectivity index (χ0) is 54.1. The number of rotatable bonds is 9. The van der Waals surface area contributed by atoms with Crippen molar-refractivity contribution in [3.8, 4) is 0 Å². The van der Waals surface area contributed by atoms with Crippen molar-refractivity contribution in [2.45, 2.75) is 204 Å². The fourth-order valence-electron chi connectivity index (χ4n) is 8.48.